The second-order valence-corrected chi connectivity index (χ2v) is 12.0. The van der Waals surface area contributed by atoms with E-state index in [9.17, 15) is 9.46 Å². The Morgan fingerprint density at radius 1 is 0.878 bits per heavy atom. The third-order valence-corrected chi connectivity index (χ3v) is 7.64. The van der Waals surface area contributed by atoms with Crippen LogP contribution in [0.4, 0.5) is 5.82 Å². The van der Waals surface area contributed by atoms with Crippen molar-refractivity contribution in [3.8, 4) is 5.75 Å². The van der Waals surface area contributed by atoms with Gasteiger partial charge < -0.3 is 33.9 Å². The summed E-state index contributed by atoms with van der Waals surface area (Å²) in [5, 5.41) is 0. The maximum Gasteiger partial charge on any atom is 0.353 e. The molecule has 3 aromatic rings. The molecular formula is C29H46N5O6P. The van der Waals surface area contributed by atoms with Gasteiger partial charge in [-0.15, -0.1) is 0 Å². The van der Waals surface area contributed by atoms with Crippen molar-refractivity contribution >= 4 is 24.6 Å². The van der Waals surface area contributed by atoms with Crippen LogP contribution in [0.3, 0.4) is 0 Å². The molecule has 0 aliphatic heterocycles. The van der Waals surface area contributed by atoms with Crippen molar-refractivity contribution in [1.29, 1.82) is 0 Å². The first-order valence-electron chi connectivity index (χ1n) is 14.7. The molecule has 0 saturated heterocycles. The number of fused-ring (bicyclic) bond motifs is 1. The zero-order valence-electron chi connectivity index (χ0n) is 24.2. The summed E-state index contributed by atoms with van der Waals surface area (Å²) in [5.74, 6) is 1.26. The predicted octanol–water partition coefficient (Wildman–Crippen LogP) is 5.97. The topological polar surface area (TPSA) is 144 Å². The Labute approximate surface area is 243 Å². The monoisotopic (exact) mass is 591 g/mol. The molecule has 0 radical (unpaired) electrons. The molecule has 0 fully saturated rings. The molecule has 0 spiro atoms. The van der Waals surface area contributed by atoms with E-state index in [1.165, 1.54) is 44.9 Å². The van der Waals surface area contributed by atoms with Gasteiger partial charge in [0.2, 0.25) is 0 Å². The molecule has 12 heteroatoms. The number of unbranched alkanes of at least 4 members (excludes halogenated alkanes) is 8. The Kier molecular flexibility index (Phi) is 15.1. The number of imidazole rings is 1. The van der Waals surface area contributed by atoms with Crippen LogP contribution in [0.25, 0.3) is 11.2 Å². The Hall–Kier alpha value is -2.56. The van der Waals surface area contributed by atoms with E-state index in [1.54, 1.807) is 17.8 Å². The number of nitrogens with two attached hydrogens (primary N) is 1. The number of rotatable bonds is 23. The van der Waals surface area contributed by atoms with E-state index in [0.717, 1.165) is 31.6 Å². The van der Waals surface area contributed by atoms with Gasteiger partial charge in [-0.3, -0.25) is 4.57 Å². The molecule has 1 aromatic carbocycles. The van der Waals surface area contributed by atoms with Gasteiger partial charge in [0.1, 0.15) is 23.9 Å². The Morgan fingerprint density at radius 3 is 2.27 bits per heavy atom. The highest BCUT2D eigenvalue weighted by Crippen LogP contribution is 2.42. The van der Waals surface area contributed by atoms with Gasteiger partial charge >= 0.3 is 7.60 Å². The number of aromatic nitrogens is 4. The van der Waals surface area contributed by atoms with Gasteiger partial charge in [-0.25, -0.2) is 15.0 Å². The minimum Gasteiger partial charge on any atom is -0.494 e. The number of benzene rings is 1. The largest absolute Gasteiger partial charge is 0.494 e. The molecule has 0 aliphatic rings. The maximum atomic E-state index is 12.3. The molecular weight excluding hydrogens is 545 g/mol. The van der Waals surface area contributed by atoms with Gasteiger partial charge in [-0.2, -0.15) is 0 Å². The molecule has 228 valence electrons. The van der Waals surface area contributed by atoms with E-state index in [2.05, 4.69) is 15.0 Å². The second kappa shape index (κ2) is 18.8. The lowest BCUT2D eigenvalue weighted by atomic mass is 10.1. The summed E-state index contributed by atoms with van der Waals surface area (Å²) < 4.78 is 36.2. The molecule has 2 atom stereocenters. The van der Waals surface area contributed by atoms with Gasteiger partial charge in [0.25, 0.3) is 0 Å². The first kappa shape index (κ1) is 32.9. The van der Waals surface area contributed by atoms with E-state index in [-0.39, 0.29) is 19.1 Å². The van der Waals surface area contributed by atoms with Crippen LogP contribution in [0, 0.1) is 0 Å². The minimum atomic E-state index is -3.85. The number of nitrogen functional groups attached to an aromatic ring is 1. The molecule has 2 heterocycles. The van der Waals surface area contributed by atoms with Gasteiger partial charge in [0.05, 0.1) is 32.2 Å². The Bertz CT molecular complexity index is 1170. The van der Waals surface area contributed by atoms with Crippen molar-refractivity contribution in [3.63, 3.8) is 0 Å². The van der Waals surface area contributed by atoms with Crippen LogP contribution >= 0.6 is 7.60 Å². The van der Waals surface area contributed by atoms with Crippen LogP contribution in [-0.4, -0.2) is 63.3 Å². The van der Waals surface area contributed by atoms with Gasteiger partial charge in [0, 0.05) is 13.2 Å². The van der Waals surface area contributed by atoms with E-state index in [0.29, 0.717) is 43.2 Å². The molecule has 11 nitrogen and oxygen atoms in total. The second-order valence-electron chi connectivity index (χ2n) is 10.2. The van der Waals surface area contributed by atoms with Crippen molar-refractivity contribution < 1.29 is 28.2 Å². The third kappa shape index (κ3) is 13.3. The zero-order chi connectivity index (χ0) is 29.2. The first-order valence-corrected chi connectivity index (χ1v) is 16.5. The van der Waals surface area contributed by atoms with Crippen molar-refractivity contribution in [2.75, 3.05) is 38.5 Å². The Balaban J connectivity index is 1.08. The number of hydrogen-bond donors (Lipinski definition) is 2. The number of nitrogens with zero attached hydrogens (tertiary/aromatic N) is 4. The maximum absolute atomic E-state index is 12.3. The SMILES string of the molecule is C[C@H](Cn1cnc2c(N)ncnc21)OCP(=O)(O)OCCCOCCCCCCCCCCCOc1ccccc1. The van der Waals surface area contributed by atoms with Crippen LogP contribution < -0.4 is 10.5 Å². The summed E-state index contributed by atoms with van der Waals surface area (Å²) >= 11 is 0. The lowest BCUT2D eigenvalue weighted by Gasteiger charge is -2.17. The van der Waals surface area contributed by atoms with Crippen LogP contribution in [0.5, 0.6) is 5.75 Å². The number of para-hydroxylation sites is 1. The normalized spacial score (nSPS) is 13.8. The van der Waals surface area contributed by atoms with Crippen molar-refractivity contribution in [2.24, 2.45) is 0 Å². The fraction of sp³-hybridized carbons (Fsp3) is 0.621. The molecule has 1 unspecified atom stereocenters. The van der Waals surface area contributed by atoms with E-state index in [4.69, 9.17) is 24.5 Å². The standard InChI is InChI=1S/C29H46N5O6P/c1-25(21-34-23-33-27-28(30)31-22-32-29(27)34)39-24-41(35,36)40-20-14-18-37-17-12-7-5-3-2-4-6-8-13-19-38-26-15-10-9-11-16-26/h9-11,15-16,22-23,25H,2-8,12-14,17-21,24H2,1H3,(H,35,36)(H2,30,31,32)/t25-/m1/s1. The van der Waals surface area contributed by atoms with Crippen LogP contribution in [0.1, 0.15) is 71.1 Å². The molecule has 0 amide bonds. The molecule has 41 heavy (non-hydrogen) atoms. The van der Waals surface area contributed by atoms with Crippen molar-refractivity contribution in [3.05, 3.63) is 43.0 Å². The average Bonchev–Trinajstić information content (AvgIpc) is 3.38. The quantitative estimate of drug-likeness (QED) is 0.0999. The van der Waals surface area contributed by atoms with E-state index in [1.807, 2.05) is 30.3 Å². The predicted molar refractivity (Wildman–Crippen MR) is 160 cm³/mol. The summed E-state index contributed by atoms with van der Waals surface area (Å²) in [7, 11) is -3.85. The molecule has 3 rings (SSSR count). The van der Waals surface area contributed by atoms with Crippen molar-refractivity contribution in [1.82, 2.24) is 19.5 Å². The van der Waals surface area contributed by atoms with E-state index >= 15 is 0 Å². The Morgan fingerprint density at radius 2 is 1.54 bits per heavy atom. The summed E-state index contributed by atoms with van der Waals surface area (Å²) in [5.41, 5.74) is 6.91. The minimum absolute atomic E-state index is 0.145. The summed E-state index contributed by atoms with van der Waals surface area (Å²) in [6.45, 7) is 4.35. The summed E-state index contributed by atoms with van der Waals surface area (Å²) in [6.07, 6.45) is 13.6. The third-order valence-electron chi connectivity index (χ3n) is 6.58. The number of anilines is 1. The zero-order valence-corrected chi connectivity index (χ0v) is 25.1. The van der Waals surface area contributed by atoms with Crippen LogP contribution in [0.15, 0.2) is 43.0 Å². The summed E-state index contributed by atoms with van der Waals surface area (Å²) in [4.78, 5) is 22.4. The first-order chi connectivity index (χ1) is 19.9. The van der Waals surface area contributed by atoms with Crippen molar-refractivity contribution in [2.45, 2.75) is 83.8 Å². The van der Waals surface area contributed by atoms with Crippen LogP contribution in [-0.2, 0) is 25.1 Å². The lowest BCUT2D eigenvalue weighted by molar-refractivity contribution is 0.0688. The highest BCUT2D eigenvalue weighted by atomic mass is 31.2. The molecule has 0 bridgehead atoms. The molecule has 0 aliphatic carbocycles. The number of hydrogen-bond acceptors (Lipinski definition) is 9. The molecule has 2 aromatic heterocycles. The summed E-state index contributed by atoms with van der Waals surface area (Å²) in [6, 6.07) is 9.98. The molecule has 3 N–H and O–H groups in total. The fourth-order valence-corrected chi connectivity index (χ4v) is 5.27. The van der Waals surface area contributed by atoms with E-state index < -0.39 is 7.60 Å². The van der Waals surface area contributed by atoms with Crippen LogP contribution in [0.2, 0.25) is 0 Å². The highest BCUT2D eigenvalue weighted by Gasteiger charge is 2.21. The lowest BCUT2D eigenvalue weighted by Crippen LogP contribution is -2.17. The average molecular weight is 592 g/mol. The van der Waals surface area contributed by atoms with Gasteiger partial charge in [-0.05, 0) is 38.3 Å². The number of ether oxygens (including phenoxy) is 3. The molecule has 0 saturated carbocycles. The fourth-order valence-electron chi connectivity index (χ4n) is 4.34. The van der Waals surface area contributed by atoms with Gasteiger partial charge in [0.15, 0.2) is 11.5 Å². The van der Waals surface area contributed by atoms with Gasteiger partial charge in [-0.1, -0.05) is 63.1 Å². The highest BCUT2D eigenvalue weighted by molar-refractivity contribution is 7.52. The smallest absolute Gasteiger partial charge is 0.353 e.